The number of fused-ring (bicyclic) bond motifs is 7. The van der Waals surface area contributed by atoms with Gasteiger partial charge in [0.25, 0.3) is 0 Å². The minimum absolute atomic E-state index is 0.533. The van der Waals surface area contributed by atoms with Crippen molar-refractivity contribution < 1.29 is 4.42 Å². The molecular weight excluding hydrogens is 613 g/mol. The second-order valence-electron chi connectivity index (χ2n) is 12.5. The van der Waals surface area contributed by atoms with E-state index in [0.717, 1.165) is 71.6 Å². The van der Waals surface area contributed by atoms with Crippen molar-refractivity contribution in [3.05, 3.63) is 170 Å². The number of hydrogen-bond donors (Lipinski definition) is 0. The summed E-state index contributed by atoms with van der Waals surface area (Å²) in [4.78, 5) is 15.4. The van der Waals surface area contributed by atoms with Gasteiger partial charge >= 0.3 is 0 Å². The van der Waals surface area contributed by atoms with Gasteiger partial charge in [0.05, 0.1) is 5.52 Å². The van der Waals surface area contributed by atoms with Crippen LogP contribution < -0.4 is 0 Å². The first-order chi connectivity index (χ1) is 24.8. The van der Waals surface area contributed by atoms with Crippen LogP contribution in [0.15, 0.2) is 174 Å². The van der Waals surface area contributed by atoms with Crippen molar-refractivity contribution in [1.82, 2.24) is 19.5 Å². The Balaban J connectivity index is 1.23. The van der Waals surface area contributed by atoms with E-state index < -0.39 is 0 Å². The second-order valence-corrected chi connectivity index (χ2v) is 12.5. The zero-order valence-electron chi connectivity index (χ0n) is 26.9. The molecule has 0 amide bonds. The number of nitrogens with zero attached hydrogens (tertiary/aromatic N) is 4. The lowest BCUT2D eigenvalue weighted by atomic mass is 10.0. The van der Waals surface area contributed by atoms with E-state index >= 15 is 0 Å². The molecule has 3 heterocycles. The Morgan fingerprint density at radius 1 is 0.380 bits per heavy atom. The zero-order chi connectivity index (χ0) is 33.0. The highest BCUT2D eigenvalue weighted by molar-refractivity contribution is 6.21. The molecule has 0 atom stereocenters. The van der Waals surface area contributed by atoms with E-state index in [2.05, 4.69) is 132 Å². The fourth-order valence-corrected chi connectivity index (χ4v) is 7.05. The lowest BCUT2D eigenvalue weighted by Crippen LogP contribution is -2.06. The molecular formula is C45H28N4O. The molecule has 5 nitrogen and oxygen atoms in total. The summed E-state index contributed by atoms with van der Waals surface area (Å²) in [7, 11) is 0. The van der Waals surface area contributed by atoms with Gasteiger partial charge < -0.3 is 4.42 Å². The summed E-state index contributed by atoms with van der Waals surface area (Å²) < 4.78 is 8.88. The molecule has 10 aromatic rings. The number of para-hydroxylation sites is 1. The van der Waals surface area contributed by atoms with Crippen LogP contribution in [0.3, 0.4) is 0 Å². The maximum atomic E-state index is 6.74. The largest absolute Gasteiger partial charge is 0.454 e. The van der Waals surface area contributed by atoms with Crippen molar-refractivity contribution in [3.63, 3.8) is 0 Å². The van der Waals surface area contributed by atoms with E-state index in [9.17, 15) is 0 Å². The molecule has 0 saturated heterocycles. The molecule has 0 spiro atoms. The number of furan rings is 1. The molecule has 0 aliphatic carbocycles. The Morgan fingerprint density at radius 3 is 1.60 bits per heavy atom. The first-order valence-electron chi connectivity index (χ1n) is 16.7. The predicted molar refractivity (Wildman–Crippen MR) is 203 cm³/mol. The van der Waals surface area contributed by atoms with Gasteiger partial charge in [-0.1, -0.05) is 146 Å². The summed E-state index contributed by atoms with van der Waals surface area (Å²) in [5, 5.41) is 4.29. The van der Waals surface area contributed by atoms with Crippen LogP contribution >= 0.6 is 0 Å². The molecule has 5 heteroatoms. The van der Waals surface area contributed by atoms with Gasteiger partial charge in [-0.25, -0.2) is 4.98 Å². The molecule has 0 aliphatic heterocycles. The van der Waals surface area contributed by atoms with E-state index in [1.807, 2.05) is 42.5 Å². The van der Waals surface area contributed by atoms with Crippen LogP contribution in [0.1, 0.15) is 0 Å². The van der Waals surface area contributed by atoms with E-state index in [1.54, 1.807) is 0 Å². The zero-order valence-corrected chi connectivity index (χ0v) is 26.9. The van der Waals surface area contributed by atoms with E-state index in [4.69, 9.17) is 19.4 Å². The van der Waals surface area contributed by atoms with Crippen LogP contribution in [0.2, 0.25) is 0 Å². The van der Waals surface area contributed by atoms with Gasteiger partial charge in [0.2, 0.25) is 5.95 Å². The highest BCUT2D eigenvalue weighted by atomic mass is 16.3. The summed E-state index contributed by atoms with van der Waals surface area (Å²) >= 11 is 0. The Morgan fingerprint density at radius 2 is 0.900 bits per heavy atom. The van der Waals surface area contributed by atoms with Gasteiger partial charge in [-0.05, 0) is 46.5 Å². The minimum atomic E-state index is 0.533. The molecule has 0 radical (unpaired) electrons. The fraction of sp³-hybridized carbons (Fsp3) is 0. The van der Waals surface area contributed by atoms with Crippen molar-refractivity contribution in [1.29, 1.82) is 0 Å². The van der Waals surface area contributed by atoms with Crippen LogP contribution in [0.25, 0.3) is 94.7 Å². The summed E-state index contributed by atoms with van der Waals surface area (Å²) in [6, 6.07) is 58.6. The Kier molecular flexibility index (Phi) is 6.42. The van der Waals surface area contributed by atoms with E-state index in [-0.39, 0.29) is 0 Å². The highest BCUT2D eigenvalue weighted by Crippen LogP contribution is 2.41. The van der Waals surface area contributed by atoms with Crippen LogP contribution in [-0.4, -0.2) is 19.5 Å². The molecule has 0 fully saturated rings. The van der Waals surface area contributed by atoms with Crippen molar-refractivity contribution in [2.24, 2.45) is 0 Å². The van der Waals surface area contributed by atoms with Crippen molar-refractivity contribution in [2.45, 2.75) is 0 Å². The topological polar surface area (TPSA) is 56.7 Å². The lowest BCUT2D eigenvalue weighted by Gasteiger charge is -2.11. The fourth-order valence-electron chi connectivity index (χ4n) is 7.05. The summed E-state index contributed by atoms with van der Waals surface area (Å²) in [5.74, 6) is 1.74. The van der Waals surface area contributed by atoms with E-state index in [1.165, 1.54) is 5.56 Å². The molecule has 50 heavy (non-hydrogen) atoms. The van der Waals surface area contributed by atoms with Crippen LogP contribution in [-0.2, 0) is 0 Å². The number of rotatable bonds is 5. The third kappa shape index (κ3) is 4.60. The Hall–Kier alpha value is -6.85. The number of benzene rings is 7. The van der Waals surface area contributed by atoms with Crippen LogP contribution in [0.5, 0.6) is 0 Å². The molecule has 7 aromatic carbocycles. The molecule has 10 rings (SSSR count). The molecule has 234 valence electrons. The van der Waals surface area contributed by atoms with E-state index in [0.29, 0.717) is 17.6 Å². The lowest BCUT2D eigenvalue weighted by molar-refractivity contribution is 0.670. The quantitative estimate of drug-likeness (QED) is 0.188. The first-order valence-corrected chi connectivity index (χ1v) is 16.7. The third-order valence-electron chi connectivity index (χ3n) is 9.48. The van der Waals surface area contributed by atoms with Gasteiger partial charge in [-0.2, -0.15) is 9.97 Å². The molecule has 0 unspecified atom stereocenters. The summed E-state index contributed by atoms with van der Waals surface area (Å²) in [5.41, 5.74) is 10.0. The maximum Gasteiger partial charge on any atom is 0.238 e. The third-order valence-corrected chi connectivity index (χ3v) is 9.48. The maximum absolute atomic E-state index is 6.74. The highest BCUT2D eigenvalue weighted by Gasteiger charge is 2.22. The van der Waals surface area contributed by atoms with Crippen LogP contribution in [0.4, 0.5) is 0 Å². The smallest absolute Gasteiger partial charge is 0.238 e. The van der Waals surface area contributed by atoms with Gasteiger partial charge in [-0.3, -0.25) is 4.57 Å². The minimum Gasteiger partial charge on any atom is -0.454 e. The standard InChI is InChI=1S/C45H28N4O/c1-4-12-29(13-5-1)31-20-22-33(23-21-31)44-46-43(32-16-8-3-9-17-32)47-45(48-44)49-39-19-11-10-18-35(39)36-25-26-37-38-28-34(30-14-6-2-7-15-30)24-27-40(38)50-42(37)41(36)49/h1-28H. The summed E-state index contributed by atoms with van der Waals surface area (Å²) in [6.07, 6.45) is 0. The predicted octanol–water partition coefficient (Wildman–Crippen LogP) is 11.5. The molecule has 0 bridgehead atoms. The van der Waals surface area contributed by atoms with Crippen molar-refractivity contribution >= 4 is 43.7 Å². The van der Waals surface area contributed by atoms with Gasteiger partial charge in [0.15, 0.2) is 17.2 Å². The molecule has 0 aliphatic rings. The SMILES string of the molecule is c1ccc(-c2ccc(-c3nc(-c4ccccc4)nc(-n4c5ccccc5c5ccc6c7cc(-c8ccccc8)ccc7oc6c54)n3)cc2)cc1. The Bertz CT molecular complexity index is 2840. The first kappa shape index (κ1) is 28.2. The monoisotopic (exact) mass is 640 g/mol. The average Bonchev–Trinajstić information content (AvgIpc) is 3.74. The average molecular weight is 641 g/mol. The van der Waals surface area contributed by atoms with Crippen LogP contribution in [0, 0.1) is 0 Å². The molecule has 0 saturated carbocycles. The van der Waals surface area contributed by atoms with Crippen molar-refractivity contribution in [3.8, 4) is 51.0 Å². The Labute approximate surface area is 287 Å². The molecule has 0 N–H and O–H groups in total. The van der Waals surface area contributed by atoms with Crippen molar-refractivity contribution in [2.75, 3.05) is 0 Å². The van der Waals surface area contributed by atoms with Gasteiger partial charge in [0, 0.05) is 32.7 Å². The molecule has 3 aromatic heterocycles. The summed E-state index contributed by atoms with van der Waals surface area (Å²) in [6.45, 7) is 0. The van der Waals surface area contributed by atoms with Gasteiger partial charge in [-0.15, -0.1) is 0 Å². The second kappa shape index (κ2) is 11.4. The normalized spacial score (nSPS) is 11.6. The van der Waals surface area contributed by atoms with Gasteiger partial charge in [0.1, 0.15) is 11.1 Å². The number of aromatic nitrogens is 4. The number of hydrogen-bond acceptors (Lipinski definition) is 4.